The van der Waals surface area contributed by atoms with E-state index in [2.05, 4.69) is 25.7 Å². The minimum atomic E-state index is -2.86. The van der Waals surface area contributed by atoms with Crippen LogP contribution in [0.25, 0.3) is 0 Å². The lowest BCUT2D eigenvalue weighted by Crippen LogP contribution is -2.52. The molecule has 0 aromatic heterocycles. The molecule has 2 rings (SSSR count). The minimum absolute atomic E-state index is 0.157. The van der Waals surface area contributed by atoms with Crippen molar-refractivity contribution in [3.63, 3.8) is 0 Å². The summed E-state index contributed by atoms with van der Waals surface area (Å²) in [5.74, 6) is 0.792. The Morgan fingerprint density at radius 1 is 1.33 bits per heavy atom. The number of nitrogens with two attached hydrogens (primary N) is 2. The van der Waals surface area contributed by atoms with E-state index in [1.807, 2.05) is 0 Å². The Bertz CT molecular complexity index is 357. The van der Waals surface area contributed by atoms with Gasteiger partial charge in [0.05, 0.1) is 0 Å². The van der Waals surface area contributed by atoms with E-state index in [4.69, 9.17) is 20.1 Å². The second-order valence-corrected chi connectivity index (χ2v) is 6.64. The standard InChI is InChI=1S/C11H22N3O3P/c1-4-14(5-2)9-6-8(7(9)3)10-11(15)17-18(12,13)16-10/h7-9H,4-6,12-13H2,1-3H3/p+1. The van der Waals surface area contributed by atoms with Crippen molar-refractivity contribution in [1.82, 2.24) is 4.90 Å². The van der Waals surface area contributed by atoms with E-state index in [-0.39, 0.29) is 11.9 Å². The lowest BCUT2D eigenvalue weighted by molar-refractivity contribution is 0.0197. The first-order valence-corrected chi connectivity index (χ1v) is 8.18. The van der Waals surface area contributed by atoms with Crippen molar-refractivity contribution in [2.75, 3.05) is 13.1 Å². The zero-order chi connectivity index (χ0) is 13.5. The van der Waals surface area contributed by atoms with Gasteiger partial charge in [0.2, 0.25) is 5.76 Å². The Morgan fingerprint density at radius 2 is 1.94 bits per heavy atom. The predicted molar refractivity (Wildman–Crippen MR) is 71.1 cm³/mol. The first-order chi connectivity index (χ1) is 8.39. The zero-order valence-corrected chi connectivity index (χ0v) is 12.1. The van der Waals surface area contributed by atoms with Crippen LogP contribution in [-0.4, -0.2) is 29.1 Å². The van der Waals surface area contributed by atoms with Crippen LogP contribution in [0.4, 0.5) is 0 Å². The molecule has 0 bridgehead atoms. The molecule has 0 saturated heterocycles. The van der Waals surface area contributed by atoms with Gasteiger partial charge in [0, 0.05) is 12.0 Å². The van der Waals surface area contributed by atoms with Crippen LogP contribution in [0.15, 0.2) is 11.7 Å². The molecule has 104 valence electrons. The van der Waals surface area contributed by atoms with Crippen LogP contribution in [0, 0.1) is 11.8 Å². The molecule has 2 aliphatic rings. The largest absolute Gasteiger partial charge is 0.517 e. The molecule has 1 aliphatic carbocycles. The van der Waals surface area contributed by atoms with Crippen molar-refractivity contribution in [3.8, 4) is 0 Å². The molecule has 3 atom stereocenters. The highest BCUT2D eigenvalue weighted by molar-refractivity contribution is 7.62. The fourth-order valence-electron chi connectivity index (χ4n) is 2.90. The maximum absolute atomic E-state index is 9.70. The number of allylic oxidation sites excluding steroid dienone is 1. The summed E-state index contributed by atoms with van der Waals surface area (Å²) >= 11 is 0. The molecule has 18 heavy (non-hydrogen) atoms. The van der Waals surface area contributed by atoms with Crippen molar-refractivity contribution < 1.29 is 14.2 Å². The molecule has 1 aliphatic heterocycles. The van der Waals surface area contributed by atoms with E-state index in [0.29, 0.717) is 17.7 Å². The molecule has 5 N–H and O–H groups in total. The van der Waals surface area contributed by atoms with Gasteiger partial charge in [-0.3, -0.25) is 4.52 Å². The molecule has 6 nitrogen and oxygen atoms in total. The van der Waals surface area contributed by atoms with Crippen molar-refractivity contribution in [2.24, 2.45) is 22.8 Å². The average molecular weight is 276 g/mol. The minimum Gasteiger partial charge on any atom is -0.475 e. The van der Waals surface area contributed by atoms with Gasteiger partial charge in [0.1, 0.15) is 0 Å². The fraction of sp³-hybridized carbons (Fsp3) is 0.818. The molecule has 1 saturated carbocycles. The molecule has 7 heteroatoms. The molecular weight excluding hydrogens is 253 g/mol. The maximum atomic E-state index is 9.70. The normalized spacial score (nSPS) is 34.2. The summed E-state index contributed by atoms with van der Waals surface area (Å²) in [5, 5.41) is 9.70. The van der Waals surface area contributed by atoms with E-state index in [9.17, 15) is 5.11 Å². The Morgan fingerprint density at radius 3 is 2.33 bits per heavy atom. The van der Waals surface area contributed by atoms with Crippen molar-refractivity contribution in [3.05, 3.63) is 11.7 Å². The van der Waals surface area contributed by atoms with Crippen LogP contribution in [0.5, 0.6) is 0 Å². The molecular formula is C11H23N3O3P+. The first kappa shape index (κ1) is 13.9. The lowest BCUT2D eigenvalue weighted by Gasteiger charge is -2.47. The average Bonchev–Trinajstić information content (AvgIpc) is 2.56. The molecule has 1 heterocycles. The first-order valence-electron chi connectivity index (χ1n) is 6.42. The quantitative estimate of drug-likeness (QED) is 0.677. The second-order valence-electron chi connectivity index (χ2n) is 4.99. The van der Waals surface area contributed by atoms with Gasteiger partial charge in [-0.15, -0.1) is 11.0 Å². The highest BCUT2D eigenvalue weighted by Crippen LogP contribution is 2.59. The third-order valence-electron chi connectivity index (χ3n) is 4.04. The van der Waals surface area contributed by atoms with Crippen LogP contribution in [0.2, 0.25) is 0 Å². The van der Waals surface area contributed by atoms with Gasteiger partial charge in [0.15, 0.2) is 0 Å². The summed E-state index contributed by atoms with van der Waals surface area (Å²) in [7, 11) is -2.86. The van der Waals surface area contributed by atoms with E-state index in [0.717, 1.165) is 19.5 Å². The van der Waals surface area contributed by atoms with Gasteiger partial charge in [-0.25, -0.2) is 4.52 Å². The van der Waals surface area contributed by atoms with Gasteiger partial charge in [-0.05, 0) is 25.4 Å². The van der Waals surface area contributed by atoms with Crippen LogP contribution < -0.4 is 11.0 Å². The Hall–Kier alpha value is -0.550. The molecule has 0 radical (unpaired) electrons. The predicted octanol–water partition coefficient (Wildman–Crippen LogP) is 1.72. The van der Waals surface area contributed by atoms with Crippen LogP contribution in [0.1, 0.15) is 27.2 Å². The van der Waals surface area contributed by atoms with Gasteiger partial charge in [-0.2, -0.15) is 0 Å². The summed E-state index contributed by atoms with van der Waals surface area (Å²) in [4.78, 5) is 2.42. The second kappa shape index (κ2) is 4.85. The third-order valence-corrected chi connectivity index (χ3v) is 4.98. The summed E-state index contributed by atoms with van der Waals surface area (Å²) in [6.07, 6.45) is 0.950. The highest BCUT2D eigenvalue weighted by Gasteiger charge is 2.55. The Labute approximate surface area is 109 Å². The number of hydrogen-bond donors (Lipinski definition) is 3. The Kier molecular flexibility index (Phi) is 3.74. The summed E-state index contributed by atoms with van der Waals surface area (Å²) in [6.45, 7) is 8.54. The summed E-state index contributed by atoms with van der Waals surface area (Å²) < 4.78 is 10.4. The van der Waals surface area contributed by atoms with Gasteiger partial charge < -0.3 is 10.0 Å². The van der Waals surface area contributed by atoms with Crippen LogP contribution in [-0.2, 0) is 9.05 Å². The molecule has 0 aromatic rings. The maximum Gasteiger partial charge on any atom is 0.517 e. The SMILES string of the molecule is CCN(CC)C1CC(C2=C(O)O[P+](N)(N)O2)C1C. The monoisotopic (exact) mass is 276 g/mol. The number of aliphatic hydroxyl groups is 1. The van der Waals surface area contributed by atoms with Crippen LogP contribution in [0.3, 0.4) is 0 Å². The Balaban J connectivity index is 2.01. The number of aliphatic hydroxyl groups excluding tert-OH is 1. The van der Waals surface area contributed by atoms with Crippen LogP contribution >= 0.6 is 8.02 Å². The zero-order valence-electron chi connectivity index (χ0n) is 11.2. The highest BCUT2D eigenvalue weighted by atomic mass is 31.2. The molecule has 1 fully saturated rings. The lowest BCUT2D eigenvalue weighted by atomic mass is 9.68. The molecule has 0 spiro atoms. The number of rotatable bonds is 4. The van der Waals surface area contributed by atoms with Crippen molar-refractivity contribution in [1.29, 1.82) is 0 Å². The van der Waals surface area contributed by atoms with Crippen molar-refractivity contribution in [2.45, 2.75) is 33.2 Å². The summed E-state index contributed by atoms with van der Waals surface area (Å²) in [5.41, 5.74) is 11.2. The smallest absolute Gasteiger partial charge is 0.475 e. The molecule has 0 aromatic carbocycles. The molecule has 0 amide bonds. The van der Waals surface area contributed by atoms with Gasteiger partial charge >= 0.3 is 14.0 Å². The third kappa shape index (κ3) is 2.30. The number of nitrogens with zero attached hydrogens (tertiary/aromatic N) is 1. The number of hydrogen-bond acceptors (Lipinski definition) is 6. The molecule has 3 unspecified atom stereocenters. The van der Waals surface area contributed by atoms with E-state index >= 15 is 0 Å². The van der Waals surface area contributed by atoms with E-state index in [1.54, 1.807) is 0 Å². The van der Waals surface area contributed by atoms with Gasteiger partial charge in [-0.1, -0.05) is 20.8 Å². The topological polar surface area (TPSA) is 94.0 Å². The van der Waals surface area contributed by atoms with E-state index in [1.165, 1.54) is 0 Å². The van der Waals surface area contributed by atoms with Crippen molar-refractivity contribution >= 4 is 8.02 Å². The fourth-order valence-corrected chi connectivity index (χ4v) is 3.82. The summed E-state index contributed by atoms with van der Waals surface area (Å²) in [6, 6.07) is 0.526. The van der Waals surface area contributed by atoms with Gasteiger partial charge in [0.25, 0.3) is 0 Å². The van der Waals surface area contributed by atoms with E-state index < -0.39 is 8.02 Å².